The largest absolute Gasteiger partial charge is 0.327 e. The molecule has 0 bridgehead atoms. The number of anilines is 2. The molecule has 0 radical (unpaired) electrons. The molecule has 0 aliphatic heterocycles. The Balaban J connectivity index is 2.36. The molecule has 0 amide bonds. The summed E-state index contributed by atoms with van der Waals surface area (Å²) in [6, 6.07) is 10.2. The van der Waals surface area contributed by atoms with E-state index in [4.69, 9.17) is 5.73 Å². The summed E-state index contributed by atoms with van der Waals surface area (Å²) in [5.74, 6) is 0.584. The van der Waals surface area contributed by atoms with E-state index in [1.807, 2.05) is 30.9 Å². The van der Waals surface area contributed by atoms with E-state index in [0.29, 0.717) is 0 Å². The van der Waals surface area contributed by atoms with Gasteiger partial charge < -0.3 is 10.6 Å². The second kappa shape index (κ2) is 5.80. The van der Waals surface area contributed by atoms with Crippen LogP contribution in [0.4, 0.5) is 15.9 Å². The number of aromatic nitrogens is 1. The molecule has 1 aromatic heterocycles. The highest BCUT2D eigenvalue weighted by molar-refractivity contribution is 5.60. The molecule has 4 heteroatoms. The van der Waals surface area contributed by atoms with Gasteiger partial charge in [-0.25, -0.2) is 9.37 Å². The highest BCUT2D eigenvalue weighted by Gasteiger charge is 2.10. The summed E-state index contributed by atoms with van der Waals surface area (Å²) in [6.07, 6.45) is 1.75. The Kier molecular flexibility index (Phi) is 4.12. The molecule has 2 N–H and O–H groups in total. The number of nitrogens with two attached hydrogens (primary N) is 1. The molecule has 0 aliphatic rings. The number of halogens is 1. The fourth-order valence-electron chi connectivity index (χ4n) is 1.96. The number of benzene rings is 1. The first kappa shape index (κ1) is 13.5. The quantitative estimate of drug-likeness (QED) is 0.915. The van der Waals surface area contributed by atoms with Gasteiger partial charge in [0.15, 0.2) is 0 Å². The Morgan fingerprint density at radius 1 is 1.26 bits per heavy atom. The second-order valence-corrected chi connectivity index (χ2v) is 4.46. The number of pyridine rings is 1. The molecule has 0 saturated heterocycles. The maximum atomic E-state index is 13.0. The van der Waals surface area contributed by atoms with Crippen molar-refractivity contribution in [2.24, 2.45) is 5.73 Å². The zero-order valence-electron chi connectivity index (χ0n) is 11.2. The molecule has 2 aromatic rings. The van der Waals surface area contributed by atoms with Crippen molar-refractivity contribution in [2.45, 2.75) is 19.9 Å². The SMILES string of the molecule is CCN(c1ccc(F)cc1)c1cc([C@@H](C)N)ccn1. The highest BCUT2D eigenvalue weighted by Crippen LogP contribution is 2.25. The maximum absolute atomic E-state index is 13.0. The van der Waals surface area contributed by atoms with Gasteiger partial charge in [0, 0.05) is 24.5 Å². The molecular formula is C15H18FN3. The van der Waals surface area contributed by atoms with Crippen LogP contribution in [0, 0.1) is 5.82 Å². The summed E-state index contributed by atoms with van der Waals surface area (Å²) in [5.41, 5.74) is 7.83. The van der Waals surface area contributed by atoms with Gasteiger partial charge in [0.25, 0.3) is 0 Å². The van der Waals surface area contributed by atoms with Gasteiger partial charge in [-0.1, -0.05) is 0 Å². The van der Waals surface area contributed by atoms with Crippen LogP contribution in [-0.2, 0) is 0 Å². The van der Waals surface area contributed by atoms with Gasteiger partial charge in [0.05, 0.1) is 0 Å². The third kappa shape index (κ3) is 3.09. The molecule has 3 nitrogen and oxygen atoms in total. The van der Waals surface area contributed by atoms with Crippen LogP contribution < -0.4 is 10.6 Å². The predicted molar refractivity (Wildman–Crippen MR) is 75.9 cm³/mol. The van der Waals surface area contributed by atoms with E-state index in [2.05, 4.69) is 4.98 Å². The summed E-state index contributed by atoms with van der Waals surface area (Å²) in [7, 11) is 0. The molecular weight excluding hydrogens is 241 g/mol. The normalized spacial score (nSPS) is 12.2. The average molecular weight is 259 g/mol. The Hall–Kier alpha value is -1.94. The van der Waals surface area contributed by atoms with E-state index in [0.717, 1.165) is 23.6 Å². The van der Waals surface area contributed by atoms with Crippen LogP contribution in [0.1, 0.15) is 25.5 Å². The maximum Gasteiger partial charge on any atom is 0.133 e. The van der Waals surface area contributed by atoms with Crippen molar-refractivity contribution in [3.8, 4) is 0 Å². The smallest absolute Gasteiger partial charge is 0.133 e. The van der Waals surface area contributed by atoms with E-state index < -0.39 is 0 Å². The van der Waals surface area contributed by atoms with Gasteiger partial charge in [-0.05, 0) is 55.8 Å². The van der Waals surface area contributed by atoms with Gasteiger partial charge in [0.1, 0.15) is 11.6 Å². The number of hydrogen-bond donors (Lipinski definition) is 1. The molecule has 1 atom stereocenters. The Morgan fingerprint density at radius 3 is 2.53 bits per heavy atom. The van der Waals surface area contributed by atoms with E-state index in [-0.39, 0.29) is 11.9 Å². The Labute approximate surface area is 112 Å². The molecule has 100 valence electrons. The molecule has 0 fully saturated rings. The lowest BCUT2D eigenvalue weighted by atomic mass is 10.1. The first-order valence-electron chi connectivity index (χ1n) is 6.36. The topological polar surface area (TPSA) is 42.1 Å². The molecule has 0 aliphatic carbocycles. The second-order valence-electron chi connectivity index (χ2n) is 4.46. The first-order chi connectivity index (χ1) is 9.11. The lowest BCUT2D eigenvalue weighted by molar-refractivity contribution is 0.628. The van der Waals surface area contributed by atoms with Crippen LogP contribution >= 0.6 is 0 Å². The van der Waals surface area contributed by atoms with Crippen molar-refractivity contribution >= 4 is 11.5 Å². The molecule has 0 saturated carbocycles. The molecule has 2 rings (SSSR count). The lowest BCUT2D eigenvalue weighted by Crippen LogP contribution is -2.18. The molecule has 19 heavy (non-hydrogen) atoms. The van der Waals surface area contributed by atoms with Crippen molar-refractivity contribution in [2.75, 3.05) is 11.4 Å². The third-order valence-corrected chi connectivity index (χ3v) is 3.03. The summed E-state index contributed by atoms with van der Waals surface area (Å²) >= 11 is 0. The fourth-order valence-corrected chi connectivity index (χ4v) is 1.96. The highest BCUT2D eigenvalue weighted by atomic mass is 19.1. The fraction of sp³-hybridized carbons (Fsp3) is 0.267. The minimum Gasteiger partial charge on any atom is -0.327 e. The Morgan fingerprint density at radius 2 is 1.95 bits per heavy atom. The van der Waals surface area contributed by atoms with Crippen molar-refractivity contribution < 1.29 is 4.39 Å². The van der Waals surface area contributed by atoms with Gasteiger partial charge in [0.2, 0.25) is 0 Å². The monoisotopic (exact) mass is 259 g/mol. The van der Waals surface area contributed by atoms with E-state index >= 15 is 0 Å². The van der Waals surface area contributed by atoms with Crippen LogP contribution in [0.15, 0.2) is 42.6 Å². The van der Waals surface area contributed by atoms with Crippen LogP contribution in [-0.4, -0.2) is 11.5 Å². The molecule has 0 spiro atoms. The minimum absolute atomic E-state index is 0.0336. The molecule has 0 unspecified atom stereocenters. The van der Waals surface area contributed by atoms with E-state index in [1.165, 1.54) is 12.1 Å². The Bertz CT molecular complexity index is 537. The zero-order valence-corrected chi connectivity index (χ0v) is 11.2. The minimum atomic E-state index is -0.239. The van der Waals surface area contributed by atoms with Crippen LogP contribution in [0.5, 0.6) is 0 Å². The van der Waals surface area contributed by atoms with Crippen LogP contribution in [0.2, 0.25) is 0 Å². The number of hydrogen-bond acceptors (Lipinski definition) is 3. The van der Waals surface area contributed by atoms with Gasteiger partial charge in [-0.15, -0.1) is 0 Å². The third-order valence-electron chi connectivity index (χ3n) is 3.03. The lowest BCUT2D eigenvalue weighted by Gasteiger charge is -2.23. The van der Waals surface area contributed by atoms with Gasteiger partial charge in [-0.2, -0.15) is 0 Å². The van der Waals surface area contributed by atoms with E-state index in [9.17, 15) is 4.39 Å². The first-order valence-corrected chi connectivity index (χ1v) is 6.36. The summed E-state index contributed by atoms with van der Waals surface area (Å²) in [6.45, 7) is 4.72. The van der Waals surface area contributed by atoms with Crippen LogP contribution in [0.3, 0.4) is 0 Å². The summed E-state index contributed by atoms with van der Waals surface area (Å²) < 4.78 is 13.0. The molecule has 1 aromatic carbocycles. The van der Waals surface area contributed by atoms with Crippen molar-refractivity contribution in [1.29, 1.82) is 0 Å². The summed E-state index contributed by atoms with van der Waals surface area (Å²) in [4.78, 5) is 6.39. The van der Waals surface area contributed by atoms with Crippen molar-refractivity contribution in [3.63, 3.8) is 0 Å². The summed E-state index contributed by atoms with van der Waals surface area (Å²) in [5, 5.41) is 0. The number of rotatable bonds is 4. The zero-order chi connectivity index (χ0) is 13.8. The van der Waals surface area contributed by atoms with Gasteiger partial charge in [-0.3, -0.25) is 0 Å². The standard InChI is InChI=1S/C15H18FN3/c1-3-19(14-6-4-13(16)5-7-14)15-10-12(11(2)17)8-9-18-15/h4-11H,3,17H2,1-2H3/t11-/m1/s1. The molecule has 1 heterocycles. The average Bonchev–Trinajstić information content (AvgIpc) is 2.42. The van der Waals surface area contributed by atoms with Gasteiger partial charge >= 0.3 is 0 Å². The van der Waals surface area contributed by atoms with Crippen molar-refractivity contribution in [3.05, 3.63) is 54.0 Å². The van der Waals surface area contributed by atoms with Crippen LogP contribution in [0.25, 0.3) is 0 Å². The number of nitrogens with zero attached hydrogens (tertiary/aromatic N) is 2. The predicted octanol–water partition coefficient (Wildman–Crippen LogP) is 3.40. The van der Waals surface area contributed by atoms with E-state index in [1.54, 1.807) is 18.3 Å². The van der Waals surface area contributed by atoms with Crippen molar-refractivity contribution in [1.82, 2.24) is 4.98 Å².